The first-order valence-corrected chi connectivity index (χ1v) is 8.19. The minimum atomic E-state index is -0.470. The standard InChI is InChI=1S/C19H17N3O4/c1-10-5-4-6-14-12(3)16(25-15(10)14)17-21-19(26-22-17)18(23)20-9-13-8-7-11(2)24-13/h4-8H,9H2,1-3H3,(H,20,23). The van der Waals surface area contributed by atoms with Gasteiger partial charge in [-0.1, -0.05) is 23.4 Å². The van der Waals surface area contributed by atoms with Gasteiger partial charge in [0.1, 0.15) is 17.1 Å². The van der Waals surface area contributed by atoms with Crippen molar-refractivity contribution in [3.8, 4) is 11.6 Å². The van der Waals surface area contributed by atoms with Gasteiger partial charge in [-0.3, -0.25) is 4.79 Å². The summed E-state index contributed by atoms with van der Waals surface area (Å²) in [6, 6.07) is 9.55. The molecule has 0 radical (unpaired) electrons. The predicted octanol–water partition coefficient (Wildman–Crippen LogP) is 3.93. The molecule has 0 aliphatic heterocycles. The van der Waals surface area contributed by atoms with Crippen molar-refractivity contribution in [3.63, 3.8) is 0 Å². The molecule has 0 aliphatic carbocycles. The molecule has 3 heterocycles. The largest absolute Gasteiger partial charge is 0.465 e. The van der Waals surface area contributed by atoms with Gasteiger partial charge in [0.2, 0.25) is 5.82 Å². The van der Waals surface area contributed by atoms with E-state index in [1.165, 1.54) is 0 Å². The van der Waals surface area contributed by atoms with E-state index in [1.54, 1.807) is 6.07 Å². The molecule has 0 fully saturated rings. The minimum Gasteiger partial charge on any atom is -0.465 e. The Kier molecular flexibility index (Phi) is 3.84. The van der Waals surface area contributed by atoms with Crippen molar-refractivity contribution in [2.75, 3.05) is 0 Å². The summed E-state index contributed by atoms with van der Waals surface area (Å²) in [5.41, 5.74) is 2.71. The van der Waals surface area contributed by atoms with Gasteiger partial charge >= 0.3 is 11.8 Å². The summed E-state index contributed by atoms with van der Waals surface area (Å²) in [6.07, 6.45) is 0. The Morgan fingerprint density at radius 1 is 1.12 bits per heavy atom. The van der Waals surface area contributed by atoms with Crippen molar-refractivity contribution in [2.45, 2.75) is 27.3 Å². The van der Waals surface area contributed by atoms with E-state index < -0.39 is 5.91 Å². The average molecular weight is 351 g/mol. The minimum absolute atomic E-state index is 0.125. The first-order valence-electron chi connectivity index (χ1n) is 8.19. The monoisotopic (exact) mass is 351 g/mol. The number of furan rings is 2. The molecule has 4 aromatic rings. The number of hydrogen-bond donors (Lipinski definition) is 1. The summed E-state index contributed by atoms with van der Waals surface area (Å²) in [5, 5.41) is 7.56. The molecular weight excluding hydrogens is 334 g/mol. The molecule has 0 atom stereocenters. The molecule has 0 unspecified atom stereocenters. The van der Waals surface area contributed by atoms with Gasteiger partial charge in [-0.25, -0.2) is 0 Å². The predicted molar refractivity (Wildman–Crippen MR) is 93.6 cm³/mol. The lowest BCUT2D eigenvalue weighted by Crippen LogP contribution is -2.22. The zero-order valence-corrected chi connectivity index (χ0v) is 14.6. The van der Waals surface area contributed by atoms with Crippen LogP contribution in [0.4, 0.5) is 0 Å². The van der Waals surface area contributed by atoms with Crippen LogP contribution in [0.15, 0.2) is 43.7 Å². The summed E-state index contributed by atoms with van der Waals surface area (Å²) in [6.45, 7) is 5.98. The lowest BCUT2D eigenvalue weighted by molar-refractivity contribution is 0.0904. The number of amides is 1. The molecule has 7 heteroatoms. The highest BCUT2D eigenvalue weighted by Crippen LogP contribution is 2.32. The zero-order chi connectivity index (χ0) is 18.3. The molecule has 1 aromatic carbocycles. The maximum absolute atomic E-state index is 12.2. The van der Waals surface area contributed by atoms with Crippen LogP contribution in [0.2, 0.25) is 0 Å². The molecule has 4 rings (SSSR count). The third-order valence-corrected chi connectivity index (χ3v) is 4.20. The molecule has 0 aliphatic rings. The lowest BCUT2D eigenvalue weighted by atomic mass is 10.1. The first-order chi connectivity index (χ1) is 12.5. The molecule has 1 amide bonds. The van der Waals surface area contributed by atoms with Gasteiger partial charge in [-0.05, 0) is 38.5 Å². The maximum Gasteiger partial charge on any atom is 0.316 e. The van der Waals surface area contributed by atoms with Crippen LogP contribution in [-0.4, -0.2) is 16.0 Å². The van der Waals surface area contributed by atoms with E-state index >= 15 is 0 Å². The fourth-order valence-corrected chi connectivity index (χ4v) is 2.83. The fraction of sp³-hybridized carbons (Fsp3) is 0.211. The van der Waals surface area contributed by atoms with E-state index in [0.717, 1.165) is 27.9 Å². The molecule has 132 valence electrons. The van der Waals surface area contributed by atoms with Crippen LogP contribution in [0.25, 0.3) is 22.6 Å². The van der Waals surface area contributed by atoms with E-state index in [4.69, 9.17) is 13.4 Å². The number of hydrogen-bond acceptors (Lipinski definition) is 6. The fourth-order valence-electron chi connectivity index (χ4n) is 2.83. The van der Waals surface area contributed by atoms with Crippen molar-refractivity contribution < 1.29 is 18.2 Å². The van der Waals surface area contributed by atoms with Crippen LogP contribution in [0.3, 0.4) is 0 Å². The Hall–Kier alpha value is -3.35. The SMILES string of the molecule is Cc1ccc(CNC(=O)c2nc(-c3oc4c(C)cccc4c3C)no2)o1. The molecule has 0 bridgehead atoms. The lowest BCUT2D eigenvalue weighted by Gasteiger charge is -1.98. The maximum atomic E-state index is 12.2. The Labute approximate surface area is 149 Å². The summed E-state index contributed by atoms with van der Waals surface area (Å²) in [5.74, 6) is 1.59. The molecule has 26 heavy (non-hydrogen) atoms. The quantitative estimate of drug-likeness (QED) is 0.598. The number of nitrogens with one attached hydrogen (secondary N) is 1. The number of aromatic nitrogens is 2. The van der Waals surface area contributed by atoms with Crippen LogP contribution >= 0.6 is 0 Å². The molecule has 0 spiro atoms. The van der Waals surface area contributed by atoms with Crippen LogP contribution in [0, 0.1) is 20.8 Å². The van der Waals surface area contributed by atoms with Crippen LogP contribution in [-0.2, 0) is 6.54 Å². The van der Waals surface area contributed by atoms with Gasteiger partial charge in [0.05, 0.1) is 6.54 Å². The van der Waals surface area contributed by atoms with Crippen molar-refractivity contribution in [1.82, 2.24) is 15.5 Å². The second kappa shape index (κ2) is 6.18. The number of fused-ring (bicyclic) bond motifs is 1. The van der Waals surface area contributed by atoms with E-state index in [1.807, 2.05) is 45.0 Å². The Morgan fingerprint density at radius 3 is 2.69 bits per heavy atom. The molecule has 3 aromatic heterocycles. The van der Waals surface area contributed by atoms with Crippen molar-refractivity contribution >= 4 is 16.9 Å². The van der Waals surface area contributed by atoms with E-state index in [2.05, 4.69) is 15.5 Å². The highest BCUT2D eigenvalue weighted by atomic mass is 16.5. The normalized spacial score (nSPS) is 11.2. The van der Waals surface area contributed by atoms with Gasteiger partial charge in [0, 0.05) is 10.9 Å². The van der Waals surface area contributed by atoms with Crippen molar-refractivity contribution in [3.05, 3.63) is 58.9 Å². The number of nitrogens with zero attached hydrogens (tertiary/aromatic N) is 2. The van der Waals surface area contributed by atoms with E-state index in [9.17, 15) is 4.79 Å². The van der Waals surface area contributed by atoms with Gasteiger partial charge in [0.15, 0.2) is 5.76 Å². The number of rotatable bonds is 4. The Balaban J connectivity index is 1.57. The highest BCUT2D eigenvalue weighted by molar-refractivity contribution is 5.91. The highest BCUT2D eigenvalue weighted by Gasteiger charge is 2.21. The number of carbonyl (C=O) groups is 1. The molecule has 7 nitrogen and oxygen atoms in total. The summed E-state index contributed by atoms with van der Waals surface area (Å²) >= 11 is 0. The van der Waals surface area contributed by atoms with Gasteiger partial charge in [-0.15, -0.1) is 0 Å². The van der Waals surface area contributed by atoms with Crippen LogP contribution in [0.1, 0.15) is 33.3 Å². The molecule has 0 saturated carbocycles. The molecule has 0 saturated heterocycles. The van der Waals surface area contributed by atoms with Crippen LogP contribution < -0.4 is 5.32 Å². The average Bonchev–Trinajstić information content (AvgIpc) is 3.33. The van der Waals surface area contributed by atoms with Crippen LogP contribution in [0.5, 0.6) is 0 Å². The third kappa shape index (κ3) is 2.77. The second-order valence-electron chi connectivity index (χ2n) is 6.13. The number of benzene rings is 1. The number of aryl methyl sites for hydroxylation is 3. The first kappa shape index (κ1) is 16.1. The summed E-state index contributed by atoms with van der Waals surface area (Å²) in [4.78, 5) is 16.4. The topological polar surface area (TPSA) is 94.3 Å². The van der Waals surface area contributed by atoms with E-state index in [-0.39, 0.29) is 18.3 Å². The van der Waals surface area contributed by atoms with Crippen molar-refractivity contribution in [1.29, 1.82) is 0 Å². The summed E-state index contributed by atoms with van der Waals surface area (Å²) < 4.78 is 16.4. The number of carbonyl (C=O) groups excluding carboxylic acids is 1. The Morgan fingerprint density at radius 2 is 1.96 bits per heavy atom. The van der Waals surface area contributed by atoms with Gasteiger partial charge < -0.3 is 18.7 Å². The third-order valence-electron chi connectivity index (χ3n) is 4.20. The Bertz CT molecular complexity index is 1100. The molecular formula is C19H17N3O4. The van der Waals surface area contributed by atoms with Gasteiger partial charge in [-0.2, -0.15) is 4.98 Å². The van der Waals surface area contributed by atoms with Crippen molar-refractivity contribution in [2.24, 2.45) is 0 Å². The van der Waals surface area contributed by atoms with Gasteiger partial charge in [0.25, 0.3) is 0 Å². The number of para-hydroxylation sites is 1. The molecule has 1 N–H and O–H groups in total. The van der Waals surface area contributed by atoms with E-state index in [0.29, 0.717) is 11.5 Å². The second-order valence-corrected chi connectivity index (χ2v) is 6.13. The smallest absolute Gasteiger partial charge is 0.316 e. The zero-order valence-electron chi connectivity index (χ0n) is 14.6. The summed E-state index contributed by atoms with van der Waals surface area (Å²) in [7, 11) is 0.